The number of methoxy groups -OCH3 is 1. The maximum Gasteiger partial charge on any atom is 0.227 e. The molecule has 1 aliphatic rings. The van der Waals surface area contributed by atoms with Crippen molar-refractivity contribution in [3.63, 3.8) is 0 Å². The number of tetrazole rings is 1. The average molecular weight is 522 g/mol. The number of nitrogens with one attached hydrogen (secondary N) is 2. The number of nitrogens with zero attached hydrogens (tertiary/aromatic N) is 7. The first-order valence-corrected chi connectivity index (χ1v) is 12.4. The summed E-state index contributed by atoms with van der Waals surface area (Å²) in [6.45, 7) is 6.31. The summed E-state index contributed by atoms with van der Waals surface area (Å²) in [6.07, 6.45) is 4.87. The van der Waals surface area contributed by atoms with Crippen molar-refractivity contribution in [2.24, 2.45) is 0 Å². The lowest BCUT2D eigenvalue weighted by Crippen LogP contribution is -2.43. The van der Waals surface area contributed by atoms with Gasteiger partial charge in [0.05, 0.1) is 24.4 Å². The summed E-state index contributed by atoms with van der Waals surface area (Å²) in [5.74, 6) is 1.77. The van der Waals surface area contributed by atoms with Crippen LogP contribution in [0.2, 0.25) is 5.02 Å². The number of aromatic nitrogens is 6. The number of rotatable bonds is 9. The molecule has 0 aliphatic carbocycles. The molecule has 1 fully saturated rings. The molecule has 0 saturated carbocycles. The molecule has 1 aliphatic heterocycles. The van der Waals surface area contributed by atoms with Gasteiger partial charge in [-0.05, 0) is 47.2 Å². The van der Waals surface area contributed by atoms with Gasteiger partial charge in [-0.3, -0.25) is 0 Å². The molecule has 1 saturated heterocycles. The van der Waals surface area contributed by atoms with Crippen LogP contribution < -0.4 is 25.0 Å². The Morgan fingerprint density at radius 2 is 1.86 bits per heavy atom. The van der Waals surface area contributed by atoms with E-state index in [1.54, 1.807) is 36.6 Å². The van der Waals surface area contributed by atoms with Crippen molar-refractivity contribution in [1.82, 2.24) is 35.5 Å². The lowest BCUT2D eigenvalue weighted by molar-refractivity contribution is 0.193. The van der Waals surface area contributed by atoms with E-state index >= 15 is 0 Å². The Morgan fingerprint density at radius 3 is 2.59 bits per heavy atom. The van der Waals surface area contributed by atoms with Gasteiger partial charge in [0.2, 0.25) is 5.95 Å². The zero-order valence-electron chi connectivity index (χ0n) is 20.6. The third-order valence-corrected chi connectivity index (χ3v) is 6.31. The molecule has 0 radical (unpaired) electrons. The minimum absolute atomic E-state index is 0.188. The van der Waals surface area contributed by atoms with Crippen LogP contribution in [0.25, 0.3) is 11.1 Å². The summed E-state index contributed by atoms with van der Waals surface area (Å²) in [5, 5.41) is 18.3. The van der Waals surface area contributed by atoms with Crippen molar-refractivity contribution in [3.05, 3.63) is 60.1 Å². The van der Waals surface area contributed by atoms with E-state index in [1.165, 1.54) is 0 Å². The minimum Gasteiger partial charge on any atom is -0.494 e. The van der Waals surface area contributed by atoms with E-state index in [9.17, 15) is 0 Å². The highest BCUT2D eigenvalue weighted by atomic mass is 35.5. The first-order valence-electron chi connectivity index (χ1n) is 12.0. The van der Waals surface area contributed by atoms with E-state index < -0.39 is 0 Å². The molecule has 1 unspecified atom stereocenters. The van der Waals surface area contributed by atoms with E-state index in [2.05, 4.69) is 47.1 Å². The average Bonchev–Trinajstić information content (AvgIpc) is 3.44. The molecule has 11 nitrogen and oxygen atoms in total. The zero-order chi connectivity index (χ0) is 25.6. The number of anilines is 3. The number of hydrogen-bond acceptors (Lipinski definition) is 10. The topological polar surface area (TPSA) is 115 Å². The second kappa shape index (κ2) is 11.4. The highest BCUT2D eigenvalue weighted by Crippen LogP contribution is 2.33. The monoisotopic (exact) mass is 521 g/mol. The van der Waals surface area contributed by atoms with Crippen LogP contribution in [0.5, 0.6) is 11.5 Å². The fourth-order valence-electron chi connectivity index (χ4n) is 4.12. The number of piperazine rings is 1. The fourth-order valence-corrected chi connectivity index (χ4v) is 4.28. The largest absolute Gasteiger partial charge is 0.494 e. The molecule has 1 atom stereocenters. The number of ether oxygens (including phenoxy) is 2. The Kier molecular flexibility index (Phi) is 7.62. The number of halogens is 1. The quantitative estimate of drug-likeness (QED) is 0.339. The second-order valence-corrected chi connectivity index (χ2v) is 9.05. The summed E-state index contributed by atoms with van der Waals surface area (Å²) in [4.78, 5) is 11.3. The molecular weight excluding hydrogens is 494 g/mol. The number of benzene rings is 2. The Morgan fingerprint density at radius 1 is 1.05 bits per heavy atom. The van der Waals surface area contributed by atoms with Crippen molar-refractivity contribution in [2.45, 2.75) is 19.6 Å². The molecule has 4 aromatic rings. The SMILES string of the molecule is COc1cc(N2CCNCC2)ccc1Nc1ncc(-c2ccc(Cl)c(OC(C)Cn3cnnn3)c2)cn1. The van der Waals surface area contributed by atoms with Crippen molar-refractivity contribution in [2.75, 3.05) is 43.5 Å². The number of hydrogen-bond donors (Lipinski definition) is 2. The minimum atomic E-state index is -0.188. The molecule has 12 heteroatoms. The summed E-state index contributed by atoms with van der Waals surface area (Å²) in [5.41, 5.74) is 3.65. The van der Waals surface area contributed by atoms with Crippen LogP contribution in [-0.4, -0.2) is 69.6 Å². The summed E-state index contributed by atoms with van der Waals surface area (Å²) >= 11 is 6.38. The molecule has 5 rings (SSSR count). The summed E-state index contributed by atoms with van der Waals surface area (Å²) < 4.78 is 13.3. The first-order chi connectivity index (χ1) is 18.1. The molecule has 3 heterocycles. The Balaban J connectivity index is 1.27. The molecule has 0 spiro atoms. The molecule has 192 valence electrons. The van der Waals surface area contributed by atoms with E-state index in [1.807, 2.05) is 31.2 Å². The maximum absolute atomic E-state index is 6.38. The molecule has 2 aromatic heterocycles. The van der Waals surface area contributed by atoms with Gasteiger partial charge in [-0.15, -0.1) is 5.10 Å². The van der Waals surface area contributed by atoms with E-state index in [0.29, 0.717) is 23.3 Å². The highest BCUT2D eigenvalue weighted by Gasteiger charge is 2.15. The van der Waals surface area contributed by atoms with Gasteiger partial charge in [0.1, 0.15) is 23.9 Å². The van der Waals surface area contributed by atoms with Gasteiger partial charge in [0.25, 0.3) is 0 Å². The van der Waals surface area contributed by atoms with Crippen LogP contribution >= 0.6 is 11.6 Å². The molecule has 0 amide bonds. The van der Waals surface area contributed by atoms with Crippen LogP contribution in [-0.2, 0) is 6.54 Å². The Labute approximate surface area is 219 Å². The van der Waals surface area contributed by atoms with Crippen molar-refractivity contribution in [1.29, 1.82) is 0 Å². The normalized spacial score (nSPS) is 14.3. The van der Waals surface area contributed by atoms with Gasteiger partial charge < -0.3 is 25.0 Å². The van der Waals surface area contributed by atoms with Gasteiger partial charge in [-0.25, -0.2) is 14.6 Å². The molecule has 2 aromatic carbocycles. The fraction of sp³-hybridized carbons (Fsp3) is 0.320. The van der Waals surface area contributed by atoms with Crippen LogP contribution in [0.1, 0.15) is 6.92 Å². The van der Waals surface area contributed by atoms with Gasteiger partial charge in [0.15, 0.2) is 0 Å². The van der Waals surface area contributed by atoms with Crippen LogP contribution in [0, 0.1) is 0 Å². The van der Waals surface area contributed by atoms with E-state index in [0.717, 1.165) is 54.4 Å². The Hall–Kier alpha value is -3.96. The van der Waals surface area contributed by atoms with E-state index in [4.69, 9.17) is 21.1 Å². The third kappa shape index (κ3) is 6.07. The summed E-state index contributed by atoms with van der Waals surface area (Å²) in [6, 6.07) is 11.7. The van der Waals surface area contributed by atoms with Crippen LogP contribution in [0.15, 0.2) is 55.1 Å². The van der Waals surface area contributed by atoms with Crippen LogP contribution in [0.3, 0.4) is 0 Å². The lowest BCUT2D eigenvalue weighted by atomic mass is 10.1. The third-order valence-electron chi connectivity index (χ3n) is 5.99. The van der Waals surface area contributed by atoms with Gasteiger partial charge in [-0.1, -0.05) is 17.7 Å². The highest BCUT2D eigenvalue weighted by molar-refractivity contribution is 6.32. The second-order valence-electron chi connectivity index (χ2n) is 8.65. The van der Waals surface area contributed by atoms with Gasteiger partial charge >= 0.3 is 0 Å². The zero-order valence-corrected chi connectivity index (χ0v) is 21.4. The van der Waals surface area contributed by atoms with E-state index in [-0.39, 0.29) is 6.10 Å². The predicted molar refractivity (Wildman–Crippen MR) is 142 cm³/mol. The van der Waals surface area contributed by atoms with Crippen molar-refractivity contribution < 1.29 is 9.47 Å². The molecule has 2 N–H and O–H groups in total. The van der Waals surface area contributed by atoms with Gasteiger partial charge in [0, 0.05) is 55.9 Å². The lowest BCUT2D eigenvalue weighted by Gasteiger charge is -2.30. The molecule has 0 bridgehead atoms. The maximum atomic E-state index is 6.38. The molecular formula is C25H28ClN9O2. The Bertz CT molecular complexity index is 1310. The predicted octanol–water partition coefficient (Wildman–Crippen LogP) is 3.41. The molecule has 37 heavy (non-hydrogen) atoms. The van der Waals surface area contributed by atoms with Gasteiger partial charge in [-0.2, -0.15) is 0 Å². The van der Waals surface area contributed by atoms with Crippen molar-refractivity contribution >= 4 is 28.9 Å². The standard InChI is InChI=1S/C25H28ClN9O2/c1-17(15-35-16-30-32-33-35)37-23-11-18(3-5-21(23)26)19-13-28-25(29-14-19)31-22-6-4-20(12-24(22)36-2)34-9-7-27-8-10-34/h3-6,11-14,16-17,27H,7-10,15H2,1-2H3,(H,28,29,31). The van der Waals surface area contributed by atoms with Crippen molar-refractivity contribution in [3.8, 4) is 22.6 Å². The summed E-state index contributed by atoms with van der Waals surface area (Å²) in [7, 11) is 1.66. The smallest absolute Gasteiger partial charge is 0.227 e. The van der Waals surface area contributed by atoms with Crippen LogP contribution in [0.4, 0.5) is 17.3 Å². The first kappa shape index (κ1) is 24.7.